The highest BCUT2D eigenvalue weighted by atomic mass is 16.3. The summed E-state index contributed by atoms with van der Waals surface area (Å²) in [5, 5.41) is 3.34. The first-order valence-electron chi connectivity index (χ1n) is 7.93. The van der Waals surface area contributed by atoms with E-state index in [4.69, 9.17) is 4.42 Å². The number of anilines is 1. The first-order chi connectivity index (χ1) is 10.2. The average molecular weight is 285 g/mol. The van der Waals surface area contributed by atoms with Crippen molar-refractivity contribution in [1.29, 1.82) is 0 Å². The van der Waals surface area contributed by atoms with Crippen molar-refractivity contribution in [2.75, 3.05) is 11.9 Å². The fourth-order valence-corrected chi connectivity index (χ4v) is 2.52. The number of hydrogen-bond acceptors (Lipinski definition) is 4. The van der Waals surface area contributed by atoms with Gasteiger partial charge in [0.2, 0.25) is 0 Å². The van der Waals surface area contributed by atoms with Gasteiger partial charge < -0.3 is 9.73 Å². The van der Waals surface area contributed by atoms with Gasteiger partial charge in [-0.2, -0.15) is 0 Å². The Labute approximate surface area is 126 Å². The summed E-state index contributed by atoms with van der Waals surface area (Å²) < 4.78 is 5.97. The van der Waals surface area contributed by atoms with E-state index < -0.39 is 0 Å². The van der Waals surface area contributed by atoms with Crippen molar-refractivity contribution in [2.24, 2.45) is 5.92 Å². The number of nitrogens with one attached hydrogen (secondary N) is 1. The van der Waals surface area contributed by atoms with Crippen molar-refractivity contribution in [3.8, 4) is 11.6 Å². The minimum absolute atomic E-state index is 0.589. The van der Waals surface area contributed by atoms with E-state index in [-0.39, 0.29) is 0 Å². The zero-order chi connectivity index (χ0) is 14.8. The first kappa shape index (κ1) is 14.1. The van der Waals surface area contributed by atoms with Crippen LogP contribution in [0.4, 0.5) is 5.82 Å². The molecule has 21 heavy (non-hydrogen) atoms. The summed E-state index contributed by atoms with van der Waals surface area (Å²) in [6.07, 6.45) is 3.20. The zero-order valence-corrected chi connectivity index (χ0v) is 13.0. The van der Waals surface area contributed by atoms with E-state index in [1.165, 1.54) is 6.42 Å². The van der Waals surface area contributed by atoms with E-state index in [1.54, 1.807) is 0 Å². The van der Waals surface area contributed by atoms with Crippen LogP contribution in [0.3, 0.4) is 0 Å². The van der Waals surface area contributed by atoms with Gasteiger partial charge in [0, 0.05) is 24.2 Å². The third kappa shape index (κ3) is 3.09. The number of hydrogen-bond donors (Lipinski definition) is 1. The lowest BCUT2D eigenvalue weighted by atomic mass is 10.2. The molecule has 1 aliphatic carbocycles. The molecule has 0 bridgehead atoms. The van der Waals surface area contributed by atoms with Crippen molar-refractivity contribution in [3.63, 3.8) is 0 Å². The molecule has 0 amide bonds. The molecule has 4 heteroatoms. The molecule has 2 unspecified atom stereocenters. The Bertz CT molecular complexity index is 620. The highest BCUT2D eigenvalue weighted by Gasteiger charge is 2.36. The molecule has 1 aliphatic rings. The second-order valence-electron chi connectivity index (χ2n) is 5.87. The Morgan fingerprint density at radius 1 is 1.29 bits per heavy atom. The first-order valence-corrected chi connectivity index (χ1v) is 7.93. The van der Waals surface area contributed by atoms with Gasteiger partial charge in [0.1, 0.15) is 11.6 Å². The summed E-state index contributed by atoms with van der Waals surface area (Å²) in [7, 11) is 0. The largest absolute Gasteiger partial charge is 0.457 e. The van der Waals surface area contributed by atoms with Crippen molar-refractivity contribution in [3.05, 3.63) is 29.7 Å². The summed E-state index contributed by atoms with van der Waals surface area (Å²) in [6, 6.07) is 6.09. The predicted octanol–water partition coefficient (Wildman–Crippen LogP) is 4.24. The maximum Gasteiger partial charge on any atom is 0.197 e. The second-order valence-corrected chi connectivity index (χ2v) is 5.87. The topological polar surface area (TPSA) is 51.0 Å². The molecule has 2 heterocycles. The third-order valence-corrected chi connectivity index (χ3v) is 4.02. The Kier molecular flexibility index (Phi) is 3.95. The number of nitrogens with zero attached hydrogens (tertiary/aromatic N) is 2. The molecule has 2 atom stereocenters. The second kappa shape index (κ2) is 5.88. The van der Waals surface area contributed by atoms with Crippen LogP contribution in [-0.4, -0.2) is 16.5 Å². The van der Waals surface area contributed by atoms with Crippen molar-refractivity contribution >= 4 is 5.82 Å². The van der Waals surface area contributed by atoms with E-state index in [0.717, 1.165) is 48.3 Å². The molecule has 1 N–H and O–H groups in total. The number of rotatable bonds is 6. The predicted molar refractivity (Wildman–Crippen MR) is 84.4 cm³/mol. The fraction of sp³-hybridized carbons (Fsp3) is 0.529. The van der Waals surface area contributed by atoms with Crippen LogP contribution in [0.15, 0.2) is 22.6 Å². The molecular formula is C17H23N3O. The van der Waals surface area contributed by atoms with Gasteiger partial charge in [-0.15, -0.1) is 0 Å². The molecule has 112 valence electrons. The molecule has 4 nitrogen and oxygen atoms in total. The van der Waals surface area contributed by atoms with Gasteiger partial charge in [-0.25, -0.2) is 9.97 Å². The van der Waals surface area contributed by atoms with Gasteiger partial charge in [0.25, 0.3) is 0 Å². The quantitative estimate of drug-likeness (QED) is 0.862. The Morgan fingerprint density at radius 2 is 2.10 bits per heavy atom. The standard InChI is InChI=1S/C17H23N3O/c1-4-8-18-16-10-12(5-2)19-17(20-16)15-7-6-14(21-15)13-9-11(13)3/h6-7,10-11,13H,4-5,8-9H2,1-3H3,(H,18,19,20). The molecule has 2 aromatic heterocycles. The van der Waals surface area contributed by atoms with E-state index in [9.17, 15) is 0 Å². The zero-order valence-electron chi connectivity index (χ0n) is 13.0. The summed E-state index contributed by atoms with van der Waals surface area (Å²) in [5.74, 6) is 4.76. The summed E-state index contributed by atoms with van der Waals surface area (Å²) in [5.41, 5.74) is 1.04. The summed E-state index contributed by atoms with van der Waals surface area (Å²) in [6.45, 7) is 7.43. The molecule has 1 fully saturated rings. The maximum atomic E-state index is 5.97. The average Bonchev–Trinajstić information content (AvgIpc) is 3.04. The van der Waals surface area contributed by atoms with Crippen LogP contribution in [0.25, 0.3) is 11.6 Å². The third-order valence-electron chi connectivity index (χ3n) is 4.02. The van der Waals surface area contributed by atoms with Gasteiger partial charge in [-0.1, -0.05) is 20.8 Å². The van der Waals surface area contributed by atoms with Crippen LogP contribution in [0, 0.1) is 5.92 Å². The van der Waals surface area contributed by atoms with Crippen LogP contribution >= 0.6 is 0 Å². The maximum absolute atomic E-state index is 5.97. The number of aryl methyl sites for hydroxylation is 1. The Hall–Kier alpha value is -1.84. The lowest BCUT2D eigenvalue weighted by Gasteiger charge is -2.07. The van der Waals surface area contributed by atoms with Crippen LogP contribution in [0.2, 0.25) is 0 Å². The van der Waals surface area contributed by atoms with E-state index >= 15 is 0 Å². The number of furan rings is 1. The minimum atomic E-state index is 0.589. The summed E-state index contributed by atoms with van der Waals surface area (Å²) in [4.78, 5) is 9.18. The normalized spacial score (nSPS) is 20.5. The molecule has 2 aromatic rings. The highest BCUT2D eigenvalue weighted by Crippen LogP contribution is 2.47. The van der Waals surface area contributed by atoms with E-state index in [0.29, 0.717) is 11.7 Å². The summed E-state index contributed by atoms with van der Waals surface area (Å²) >= 11 is 0. The van der Waals surface area contributed by atoms with E-state index in [2.05, 4.69) is 42.1 Å². The molecule has 0 aromatic carbocycles. The van der Waals surface area contributed by atoms with Gasteiger partial charge >= 0.3 is 0 Å². The van der Waals surface area contributed by atoms with Gasteiger partial charge in [-0.3, -0.25) is 0 Å². The fourth-order valence-electron chi connectivity index (χ4n) is 2.52. The molecule has 0 saturated heterocycles. The minimum Gasteiger partial charge on any atom is -0.457 e. The van der Waals surface area contributed by atoms with Crippen LogP contribution < -0.4 is 5.32 Å². The molecule has 3 rings (SSSR count). The van der Waals surface area contributed by atoms with E-state index in [1.807, 2.05) is 12.1 Å². The van der Waals surface area contributed by atoms with Crippen molar-refractivity contribution in [2.45, 2.75) is 46.0 Å². The Morgan fingerprint density at radius 3 is 2.76 bits per heavy atom. The Balaban J connectivity index is 1.87. The monoisotopic (exact) mass is 285 g/mol. The van der Waals surface area contributed by atoms with Crippen LogP contribution in [-0.2, 0) is 6.42 Å². The smallest absolute Gasteiger partial charge is 0.197 e. The molecule has 0 aliphatic heterocycles. The van der Waals surface area contributed by atoms with Crippen molar-refractivity contribution in [1.82, 2.24) is 9.97 Å². The van der Waals surface area contributed by atoms with Gasteiger partial charge in [0.15, 0.2) is 11.6 Å². The molecule has 0 radical (unpaired) electrons. The molecular weight excluding hydrogens is 262 g/mol. The SMILES string of the molecule is CCCNc1cc(CC)nc(-c2ccc(C3CC3C)o2)n1. The molecule has 1 saturated carbocycles. The van der Waals surface area contributed by atoms with Gasteiger partial charge in [-0.05, 0) is 37.3 Å². The lowest BCUT2D eigenvalue weighted by Crippen LogP contribution is -2.05. The lowest BCUT2D eigenvalue weighted by molar-refractivity contribution is 0.514. The number of aromatic nitrogens is 2. The van der Waals surface area contributed by atoms with Crippen molar-refractivity contribution < 1.29 is 4.42 Å². The van der Waals surface area contributed by atoms with Crippen LogP contribution in [0.1, 0.15) is 51.0 Å². The molecule has 0 spiro atoms. The van der Waals surface area contributed by atoms with Crippen LogP contribution in [0.5, 0.6) is 0 Å². The highest BCUT2D eigenvalue weighted by molar-refractivity contribution is 5.52. The van der Waals surface area contributed by atoms with Gasteiger partial charge in [0.05, 0.1) is 0 Å².